The number of aryl methyl sites for hydroxylation is 2. The minimum Gasteiger partial charge on any atom is -0.273 e. The Balaban J connectivity index is 1.77. The molecule has 3 aromatic carbocycles. The van der Waals surface area contributed by atoms with Gasteiger partial charge in [0.2, 0.25) is 15.7 Å². The molecule has 1 N–H and O–H groups in total. The molecule has 3 aromatic rings. The van der Waals surface area contributed by atoms with E-state index in [2.05, 4.69) is 10.5 Å². The average Bonchev–Trinajstić information content (AvgIpc) is 2.68. The molecule has 0 fully saturated rings. The Labute approximate surface area is 171 Å². The third-order valence-electron chi connectivity index (χ3n) is 4.38. The highest BCUT2D eigenvalue weighted by atomic mass is 32.2. The molecular formula is C23H22N2O3S. The van der Waals surface area contributed by atoms with Crippen molar-refractivity contribution >= 4 is 22.0 Å². The van der Waals surface area contributed by atoms with Crippen LogP contribution in [0.25, 0.3) is 0 Å². The van der Waals surface area contributed by atoms with E-state index in [1.165, 1.54) is 12.3 Å². The topological polar surface area (TPSA) is 75.6 Å². The number of nitrogens with one attached hydrogen (secondary N) is 1. The standard InChI is InChI=1S/C23H22N2O3S/c1-17-10-12-21(13-11-17)29(27,28)22-9-4-3-8-20(22)16-24-25-23(26)15-19-7-5-6-18(2)14-19/h3-14,16H,15H2,1-2H3,(H,25,26)/b24-16-. The zero-order valence-corrected chi connectivity index (χ0v) is 17.1. The van der Waals surface area contributed by atoms with E-state index in [0.717, 1.165) is 16.7 Å². The fraction of sp³-hybridized carbons (Fsp3) is 0.130. The number of benzene rings is 3. The predicted octanol–water partition coefficient (Wildman–Crippen LogP) is 3.83. The lowest BCUT2D eigenvalue weighted by molar-refractivity contribution is -0.120. The summed E-state index contributed by atoms with van der Waals surface area (Å²) in [4.78, 5) is 12.5. The van der Waals surface area contributed by atoms with Gasteiger partial charge in [-0.25, -0.2) is 13.8 Å². The summed E-state index contributed by atoms with van der Waals surface area (Å²) in [5.41, 5.74) is 5.82. The van der Waals surface area contributed by atoms with Crippen molar-refractivity contribution in [1.82, 2.24) is 5.43 Å². The maximum atomic E-state index is 13.0. The minimum atomic E-state index is -3.69. The van der Waals surface area contributed by atoms with Crippen LogP contribution in [0.3, 0.4) is 0 Å². The van der Waals surface area contributed by atoms with Gasteiger partial charge >= 0.3 is 0 Å². The summed E-state index contributed by atoms with van der Waals surface area (Å²) in [7, 11) is -3.69. The summed E-state index contributed by atoms with van der Waals surface area (Å²) in [6.45, 7) is 3.86. The van der Waals surface area contributed by atoms with Crippen molar-refractivity contribution in [2.24, 2.45) is 5.10 Å². The van der Waals surface area contributed by atoms with Crippen LogP contribution in [0, 0.1) is 13.8 Å². The van der Waals surface area contributed by atoms with Crippen molar-refractivity contribution in [2.75, 3.05) is 0 Å². The molecule has 0 heterocycles. The zero-order valence-electron chi connectivity index (χ0n) is 16.3. The smallest absolute Gasteiger partial charge is 0.244 e. The average molecular weight is 407 g/mol. The van der Waals surface area contributed by atoms with Gasteiger partial charge in [-0.15, -0.1) is 0 Å². The lowest BCUT2D eigenvalue weighted by Gasteiger charge is -2.08. The van der Waals surface area contributed by atoms with Crippen LogP contribution in [-0.2, 0) is 21.1 Å². The highest BCUT2D eigenvalue weighted by Crippen LogP contribution is 2.23. The molecule has 0 aliphatic carbocycles. The van der Waals surface area contributed by atoms with Crippen molar-refractivity contribution < 1.29 is 13.2 Å². The Morgan fingerprint density at radius 3 is 2.38 bits per heavy atom. The lowest BCUT2D eigenvalue weighted by atomic mass is 10.1. The number of nitrogens with zero attached hydrogens (tertiary/aromatic N) is 1. The van der Waals surface area contributed by atoms with E-state index < -0.39 is 9.84 Å². The highest BCUT2D eigenvalue weighted by Gasteiger charge is 2.20. The van der Waals surface area contributed by atoms with E-state index in [1.54, 1.807) is 42.5 Å². The van der Waals surface area contributed by atoms with Crippen LogP contribution in [0.2, 0.25) is 0 Å². The number of amides is 1. The first kappa shape index (κ1) is 20.5. The quantitative estimate of drug-likeness (QED) is 0.499. The van der Waals surface area contributed by atoms with Gasteiger partial charge in [-0.2, -0.15) is 5.10 Å². The minimum absolute atomic E-state index is 0.139. The summed E-state index contributed by atoms with van der Waals surface area (Å²) < 4.78 is 26.0. The van der Waals surface area contributed by atoms with Crippen LogP contribution >= 0.6 is 0 Å². The number of carbonyl (C=O) groups excluding carboxylic acids is 1. The van der Waals surface area contributed by atoms with Gasteiger partial charge in [0.15, 0.2) is 0 Å². The van der Waals surface area contributed by atoms with Crippen molar-refractivity contribution in [2.45, 2.75) is 30.1 Å². The largest absolute Gasteiger partial charge is 0.273 e. The van der Waals surface area contributed by atoms with E-state index >= 15 is 0 Å². The molecule has 0 saturated carbocycles. The number of hydrogen-bond acceptors (Lipinski definition) is 4. The molecule has 148 valence electrons. The maximum Gasteiger partial charge on any atom is 0.244 e. The molecular weight excluding hydrogens is 384 g/mol. The number of rotatable bonds is 6. The van der Waals surface area contributed by atoms with Crippen molar-refractivity contribution in [3.63, 3.8) is 0 Å². The van der Waals surface area contributed by atoms with Gasteiger partial charge in [-0.3, -0.25) is 4.79 Å². The Morgan fingerprint density at radius 2 is 1.66 bits per heavy atom. The van der Waals surface area contributed by atoms with Gasteiger partial charge in [-0.1, -0.05) is 65.7 Å². The monoisotopic (exact) mass is 406 g/mol. The first-order valence-electron chi connectivity index (χ1n) is 9.14. The van der Waals surface area contributed by atoms with Crippen LogP contribution in [0.15, 0.2) is 87.7 Å². The molecule has 0 radical (unpaired) electrons. The fourth-order valence-corrected chi connectivity index (χ4v) is 4.33. The van der Waals surface area contributed by atoms with Gasteiger partial charge in [0.1, 0.15) is 0 Å². The zero-order chi connectivity index (χ0) is 20.9. The lowest BCUT2D eigenvalue weighted by Crippen LogP contribution is -2.20. The number of hydrazone groups is 1. The first-order chi connectivity index (χ1) is 13.9. The van der Waals surface area contributed by atoms with Crippen LogP contribution in [-0.4, -0.2) is 20.5 Å². The Hall–Kier alpha value is -3.25. The van der Waals surface area contributed by atoms with Gasteiger partial charge < -0.3 is 0 Å². The van der Waals surface area contributed by atoms with Gasteiger partial charge in [0, 0.05) is 5.56 Å². The number of hydrogen-bond donors (Lipinski definition) is 1. The first-order valence-corrected chi connectivity index (χ1v) is 10.6. The second-order valence-electron chi connectivity index (χ2n) is 6.81. The van der Waals surface area contributed by atoms with Crippen molar-refractivity contribution in [3.8, 4) is 0 Å². The third-order valence-corrected chi connectivity index (χ3v) is 6.22. The van der Waals surface area contributed by atoms with Crippen molar-refractivity contribution in [1.29, 1.82) is 0 Å². The molecule has 0 aliphatic rings. The Morgan fingerprint density at radius 1 is 0.931 bits per heavy atom. The van der Waals surface area contributed by atoms with Crippen LogP contribution in [0.5, 0.6) is 0 Å². The summed E-state index contributed by atoms with van der Waals surface area (Å²) in [6.07, 6.45) is 1.55. The molecule has 0 aliphatic heterocycles. The molecule has 0 spiro atoms. The predicted molar refractivity (Wildman–Crippen MR) is 114 cm³/mol. The van der Waals surface area contributed by atoms with E-state index in [9.17, 15) is 13.2 Å². The number of sulfone groups is 1. The van der Waals surface area contributed by atoms with Gasteiger partial charge in [0.05, 0.1) is 22.4 Å². The third kappa shape index (κ3) is 5.18. The second-order valence-corrected chi connectivity index (χ2v) is 8.73. The molecule has 0 aromatic heterocycles. The van der Waals surface area contributed by atoms with E-state index in [1.807, 2.05) is 38.1 Å². The maximum absolute atomic E-state index is 13.0. The molecule has 6 heteroatoms. The molecule has 1 amide bonds. The summed E-state index contributed by atoms with van der Waals surface area (Å²) in [5.74, 6) is -0.272. The molecule has 29 heavy (non-hydrogen) atoms. The molecule has 0 unspecified atom stereocenters. The summed E-state index contributed by atoms with van der Waals surface area (Å²) in [6, 6.07) is 20.9. The summed E-state index contributed by atoms with van der Waals surface area (Å²) in [5, 5.41) is 3.95. The van der Waals surface area contributed by atoms with Gasteiger partial charge in [-0.05, 0) is 37.6 Å². The van der Waals surface area contributed by atoms with E-state index in [-0.39, 0.29) is 22.1 Å². The fourth-order valence-electron chi connectivity index (χ4n) is 2.90. The van der Waals surface area contributed by atoms with Gasteiger partial charge in [0.25, 0.3) is 0 Å². The summed E-state index contributed by atoms with van der Waals surface area (Å²) >= 11 is 0. The van der Waals surface area contributed by atoms with E-state index in [4.69, 9.17) is 0 Å². The molecule has 0 atom stereocenters. The van der Waals surface area contributed by atoms with Crippen LogP contribution in [0.1, 0.15) is 22.3 Å². The van der Waals surface area contributed by atoms with Crippen molar-refractivity contribution in [3.05, 3.63) is 95.1 Å². The molecule has 5 nitrogen and oxygen atoms in total. The molecule has 0 bridgehead atoms. The normalized spacial score (nSPS) is 11.5. The SMILES string of the molecule is Cc1ccc(S(=O)(=O)c2ccccc2/C=N\NC(=O)Cc2cccc(C)c2)cc1. The highest BCUT2D eigenvalue weighted by molar-refractivity contribution is 7.91. The molecule has 3 rings (SSSR count). The van der Waals surface area contributed by atoms with Crippen LogP contribution < -0.4 is 5.43 Å². The Kier molecular flexibility index (Phi) is 6.24. The Bertz CT molecular complexity index is 1150. The van der Waals surface area contributed by atoms with E-state index in [0.29, 0.717) is 5.56 Å². The molecule has 0 saturated heterocycles. The second kappa shape index (κ2) is 8.84. The number of carbonyl (C=O) groups is 1. The van der Waals surface area contributed by atoms with Crippen LogP contribution in [0.4, 0.5) is 0 Å².